The molecule has 0 amide bonds. The Balaban J connectivity index is 2.04. The molecule has 0 radical (unpaired) electrons. The molecular weight excluding hydrogens is 110 g/mol. The van der Waals surface area contributed by atoms with Crippen molar-refractivity contribution >= 4 is 0 Å². The minimum Gasteiger partial charge on any atom is -0.312 e. The fourth-order valence-corrected chi connectivity index (χ4v) is 1.51. The fourth-order valence-electron chi connectivity index (χ4n) is 1.51. The standard InChI is InChI=1S/C8H17N/c1-6(2)9-8-4-7(3)5-8/h6-9H,4-5H2,1-3H3. The molecule has 0 heterocycles. The van der Waals surface area contributed by atoms with Gasteiger partial charge in [0.15, 0.2) is 0 Å². The zero-order valence-corrected chi connectivity index (χ0v) is 6.65. The van der Waals surface area contributed by atoms with E-state index in [4.69, 9.17) is 0 Å². The van der Waals surface area contributed by atoms with Crippen LogP contribution in [0.1, 0.15) is 33.6 Å². The van der Waals surface area contributed by atoms with Gasteiger partial charge in [-0.25, -0.2) is 0 Å². The zero-order valence-electron chi connectivity index (χ0n) is 6.65. The van der Waals surface area contributed by atoms with Crippen molar-refractivity contribution in [3.63, 3.8) is 0 Å². The summed E-state index contributed by atoms with van der Waals surface area (Å²) >= 11 is 0. The van der Waals surface area contributed by atoms with E-state index in [-0.39, 0.29) is 0 Å². The van der Waals surface area contributed by atoms with Gasteiger partial charge in [-0.05, 0) is 18.8 Å². The highest BCUT2D eigenvalue weighted by molar-refractivity contribution is 4.82. The van der Waals surface area contributed by atoms with Crippen LogP contribution >= 0.6 is 0 Å². The highest BCUT2D eigenvalue weighted by Gasteiger charge is 2.24. The van der Waals surface area contributed by atoms with E-state index in [9.17, 15) is 0 Å². The molecule has 1 aliphatic carbocycles. The molecule has 1 saturated carbocycles. The molecule has 1 fully saturated rings. The van der Waals surface area contributed by atoms with Crippen molar-refractivity contribution < 1.29 is 0 Å². The monoisotopic (exact) mass is 127 g/mol. The number of nitrogens with one attached hydrogen (secondary N) is 1. The van der Waals surface area contributed by atoms with E-state index in [0.717, 1.165) is 12.0 Å². The third kappa shape index (κ3) is 1.98. The van der Waals surface area contributed by atoms with Crippen molar-refractivity contribution in [1.82, 2.24) is 5.32 Å². The van der Waals surface area contributed by atoms with E-state index in [1.807, 2.05) is 0 Å². The van der Waals surface area contributed by atoms with Crippen molar-refractivity contribution in [1.29, 1.82) is 0 Å². The maximum atomic E-state index is 3.51. The summed E-state index contributed by atoms with van der Waals surface area (Å²) in [6.07, 6.45) is 2.77. The molecule has 0 aromatic rings. The van der Waals surface area contributed by atoms with E-state index in [0.29, 0.717) is 6.04 Å². The van der Waals surface area contributed by atoms with Crippen molar-refractivity contribution in [3.05, 3.63) is 0 Å². The van der Waals surface area contributed by atoms with Gasteiger partial charge in [0.2, 0.25) is 0 Å². The summed E-state index contributed by atoms with van der Waals surface area (Å²) in [6, 6.07) is 1.50. The van der Waals surface area contributed by atoms with Gasteiger partial charge in [0.25, 0.3) is 0 Å². The predicted octanol–water partition coefficient (Wildman–Crippen LogP) is 1.78. The first-order valence-corrected chi connectivity index (χ1v) is 3.94. The first-order chi connectivity index (χ1) is 4.18. The number of hydrogen-bond acceptors (Lipinski definition) is 1. The maximum Gasteiger partial charge on any atom is 0.00745 e. The molecule has 1 nitrogen and oxygen atoms in total. The second-order valence-corrected chi connectivity index (χ2v) is 3.59. The molecule has 0 bridgehead atoms. The summed E-state index contributed by atoms with van der Waals surface area (Å²) in [5.41, 5.74) is 0. The molecule has 0 atom stereocenters. The van der Waals surface area contributed by atoms with Gasteiger partial charge in [-0.3, -0.25) is 0 Å². The van der Waals surface area contributed by atoms with Crippen LogP contribution in [0, 0.1) is 5.92 Å². The molecule has 9 heavy (non-hydrogen) atoms. The summed E-state index contributed by atoms with van der Waals surface area (Å²) in [4.78, 5) is 0. The molecule has 0 saturated heterocycles. The highest BCUT2D eigenvalue weighted by atomic mass is 14.9. The molecule has 0 aromatic heterocycles. The maximum absolute atomic E-state index is 3.51. The lowest BCUT2D eigenvalue weighted by Gasteiger charge is -2.34. The van der Waals surface area contributed by atoms with E-state index in [1.54, 1.807) is 0 Å². The minimum absolute atomic E-state index is 0.669. The van der Waals surface area contributed by atoms with Crippen LogP contribution in [0.5, 0.6) is 0 Å². The largest absolute Gasteiger partial charge is 0.312 e. The van der Waals surface area contributed by atoms with Gasteiger partial charge in [-0.2, -0.15) is 0 Å². The van der Waals surface area contributed by atoms with Crippen LogP contribution in [0.3, 0.4) is 0 Å². The van der Waals surface area contributed by atoms with Crippen molar-refractivity contribution in [2.24, 2.45) is 5.92 Å². The minimum atomic E-state index is 0.669. The molecule has 0 aromatic carbocycles. The van der Waals surface area contributed by atoms with Crippen LogP contribution in [-0.4, -0.2) is 12.1 Å². The van der Waals surface area contributed by atoms with Crippen LogP contribution in [0.2, 0.25) is 0 Å². The van der Waals surface area contributed by atoms with E-state index >= 15 is 0 Å². The lowest BCUT2D eigenvalue weighted by Crippen LogP contribution is -2.43. The highest BCUT2D eigenvalue weighted by Crippen LogP contribution is 2.26. The SMILES string of the molecule is CC1CC(NC(C)C)C1. The van der Waals surface area contributed by atoms with Gasteiger partial charge in [-0.15, -0.1) is 0 Å². The van der Waals surface area contributed by atoms with Crippen molar-refractivity contribution in [2.45, 2.75) is 45.7 Å². The van der Waals surface area contributed by atoms with Crippen LogP contribution < -0.4 is 5.32 Å². The summed E-state index contributed by atoms with van der Waals surface area (Å²) in [5, 5.41) is 3.51. The molecule has 0 aliphatic heterocycles. The summed E-state index contributed by atoms with van der Waals surface area (Å²) in [6.45, 7) is 6.74. The Morgan fingerprint density at radius 1 is 1.33 bits per heavy atom. The van der Waals surface area contributed by atoms with Crippen LogP contribution in [0.15, 0.2) is 0 Å². The summed E-state index contributed by atoms with van der Waals surface area (Å²) < 4.78 is 0. The fraction of sp³-hybridized carbons (Fsp3) is 1.00. The molecule has 1 rings (SSSR count). The van der Waals surface area contributed by atoms with E-state index < -0.39 is 0 Å². The summed E-state index contributed by atoms with van der Waals surface area (Å²) in [5.74, 6) is 0.973. The van der Waals surface area contributed by atoms with E-state index in [1.165, 1.54) is 12.8 Å². The zero-order chi connectivity index (χ0) is 6.85. The second-order valence-electron chi connectivity index (χ2n) is 3.59. The topological polar surface area (TPSA) is 12.0 Å². The molecule has 54 valence electrons. The van der Waals surface area contributed by atoms with Crippen molar-refractivity contribution in [3.8, 4) is 0 Å². The third-order valence-corrected chi connectivity index (χ3v) is 1.94. The van der Waals surface area contributed by atoms with E-state index in [2.05, 4.69) is 26.1 Å². The molecule has 1 N–H and O–H groups in total. The lowest BCUT2D eigenvalue weighted by atomic mass is 9.81. The van der Waals surface area contributed by atoms with Crippen LogP contribution in [-0.2, 0) is 0 Å². The van der Waals surface area contributed by atoms with Gasteiger partial charge in [0.1, 0.15) is 0 Å². The third-order valence-electron chi connectivity index (χ3n) is 1.94. The Labute approximate surface area is 57.8 Å². The molecule has 1 heteroatoms. The number of hydrogen-bond donors (Lipinski definition) is 1. The van der Waals surface area contributed by atoms with Gasteiger partial charge in [-0.1, -0.05) is 20.8 Å². The quantitative estimate of drug-likeness (QED) is 0.596. The van der Waals surface area contributed by atoms with Crippen molar-refractivity contribution in [2.75, 3.05) is 0 Å². The van der Waals surface area contributed by atoms with Gasteiger partial charge >= 0.3 is 0 Å². The first kappa shape index (κ1) is 7.07. The molecular formula is C8H17N. The number of rotatable bonds is 2. The van der Waals surface area contributed by atoms with Gasteiger partial charge in [0, 0.05) is 12.1 Å². The second kappa shape index (κ2) is 2.70. The van der Waals surface area contributed by atoms with Crippen LogP contribution in [0.4, 0.5) is 0 Å². The normalized spacial score (nSPS) is 34.7. The van der Waals surface area contributed by atoms with Crippen LogP contribution in [0.25, 0.3) is 0 Å². The Bertz CT molecular complexity index is 82.6. The Kier molecular flexibility index (Phi) is 2.12. The summed E-state index contributed by atoms with van der Waals surface area (Å²) in [7, 11) is 0. The predicted molar refractivity (Wildman–Crippen MR) is 40.5 cm³/mol. The molecule has 0 unspecified atom stereocenters. The average molecular weight is 127 g/mol. The average Bonchev–Trinajstić information content (AvgIpc) is 1.60. The molecule has 0 spiro atoms. The lowest BCUT2D eigenvalue weighted by molar-refractivity contribution is 0.229. The smallest absolute Gasteiger partial charge is 0.00745 e. The molecule has 1 aliphatic rings. The Morgan fingerprint density at radius 2 is 1.89 bits per heavy atom. The van der Waals surface area contributed by atoms with Gasteiger partial charge in [0.05, 0.1) is 0 Å². The Hall–Kier alpha value is -0.0400. The van der Waals surface area contributed by atoms with Gasteiger partial charge < -0.3 is 5.32 Å². The Morgan fingerprint density at radius 3 is 2.22 bits per heavy atom. The first-order valence-electron chi connectivity index (χ1n) is 3.94.